The summed E-state index contributed by atoms with van der Waals surface area (Å²) in [5, 5.41) is 13.5. The molecule has 0 unspecified atom stereocenters. The van der Waals surface area contributed by atoms with E-state index in [0.29, 0.717) is 6.04 Å². The molecule has 94 valence electrons. The Morgan fingerprint density at radius 2 is 2.06 bits per heavy atom. The summed E-state index contributed by atoms with van der Waals surface area (Å²) >= 11 is 1.60. The number of aliphatic hydroxyl groups is 1. The minimum atomic E-state index is 0.0218. The molecule has 4 heteroatoms. The SMILES string of the molecule is OCc1nc(-c2ccccc2)c(CNC2CC2)s1. The fourth-order valence-corrected chi connectivity index (χ4v) is 2.84. The van der Waals surface area contributed by atoms with Crippen LogP contribution in [-0.2, 0) is 13.2 Å². The standard InChI is InChI=1S/C14H16N2OS/c17-9-13-16-14(10-4-2-1-3-5-10)12(18-13)8-15-11-6-7-11/h1-5,11,15,17H,6-9H2. The molecule has 0 saturated heterocycles. The van der Waals surface area contributed by atoms with Gasteiger partial charge in [-0.1, -0.05) is 30.3 Å². The van der Waals surface area contributed by atoms with E-state index in [1.165, 1.54) is 17.7 Å². The van der Waals surface area contributed by atoms with Gasteiger partial charge in [0.05, 0.1) is 12.3 Å². The fourth-order valence-electron chi connectivity index (χ4n) is 1.93. The second kappa shape index (κ2) is 5.18. The highest BCUT2D eigenvalue weighted by Gasteiger charge is 2.21. The lowest BCUT2D eigenvalue weighted by atomic mass is 10.1. The second-order valence-electron chi connectivity index (χ2n) is 4.56. The number of hydrogen-bond donors (Lipinski definition) is 2. The van der Waals surface area contributed by atoms with Crippen LogP contribution in [0, 0.1) is 0 Å². The van der Waals surface area contributed by atoms with Crippen LogP contribution < -0.4 is 5.32 Å². The summed E-state index contributed by atoms with van der Waals surface area (Å²) in [7, 11) is 0. The summed E-state index contributed by atoms with van der Waals surface area (Å²) in [5.41, 5.74) is 2.14. The van der Waals surface area contributed by atoms with Crippen molar-refractivity contribution in [1.82, 2.24) is 10.3 Å². The van der Waals surface area contributed by atoms with Crippen LogP contribution in [0.2, 0.25) is 0 Å². The molecule has 1 saturated carbocycles. The van der Waals surface area contributed by atoms with Gasteiger partial charge in [-0.15, -0.1) is 11.3 Å². The zero-order valence-corrected chi connectivity index (χ0v) is 10.9. The summed E-state index contributed by atoms with van der Waals surface area (Å²) < 4.78 is 0. The van der Waals surface area contributed by atoms with E-state index in [9.17, 15) is 5.11 Å². The molecule has 18 heavy (non-hydrogen) atoms. The molecule has 1 aromatic heterocycles. The van der Waals surface area contributed by atoms with E-state index in [1.807, 2.05) is 18.2 Å². The number of nitrogens with zero attached hydrogens (tertiary/aromatic N) is 1. The van der Waals surface area contributed by atoms with Crippen LogP contribution in [0.3, 0.4) is 0 Å². The normalized spacial score (nSPS) is 14.9. The van der Waals surface area contributed by atoms with Crippen molar-refractivity contribution >= 4 is 11.3 Å². The van der Waals surface area contributed by atoms with E-state index in [1.54, 1.807) is 11.3 Å². The Morgan fingerprint density at radius 3 is 2.72 bits per heavy atom. The maximum absolute atomic E-state index is 9.24. The van der Waals surface area contributed by atoms with Crippen LogP contribution in [0.25, 0.3) is 11.3 Å². The first-order valence-corrected chi connectivity index (χ1v) is 7.06. The zero-order valence-electron chi connectivity index (χ0n) is 10.1. The van der Waals surface area contributed by atoms with Crippen LogP contribution in [0.5, 0.6) is 0 Å². The van der Waals surface area contributed by atoms with Gasteiger partial charge in [0.1, 0.15) is 5.01 Å². The number of aliphatic hydroxyl groups excluding tert-OH is 1. The van der Waals surface area contributed by atoms with Crippen molar-refractivity contribution in [1.29, 1.82) is 0 Å². The van der Waals surface area contributed by atoms with Crippen molar-refractivity contribution in [3.05, 3.63) is 40.2 Å². The Labute approximate surface area is 111 Å². The number of rotatable bonds is 5. The molecule has 1 aliphatic carbocycles. The molecule has 0 spiro atoms. The van der Waals surface area contributed by atoms with E-state index < -0.39 is 0 Å². The van der Waals surface area contributed by atoms with Crippen LogP contribution in [0.15, 0.2) is 30.3 Å². The Balaban J connectivity index is 1.88. The average molecular weight is 260 g/mol. The largest absolute Gasteiger partial charge is 0.389 e. The van der Waals surface area contributed by atoms with Crippen molar-refractivity contribution < 1.29 is 5.11 Å². The predicted octanol–water partition coefficient (Wildman–Crippen LogP) is 2.55. The van der Waals surface area contributed by atoms with Crippen molar-refractivity contribution in [2.24, 2.45) is 0 Å². The zero-order chi connectivity index (χ0) is 12.4. The molecule has 1 heterocycles. The van der Waals surface area contributed by atoms with E-state index >= 15 is 0 Å². The first kappa shape index (κ1) is 11.8. The summed E-state index contributed by atoms with van der Waals surface area (Å²) in [5.74, 6) is 0. The summed E-state index contributed by atoms with van der Waals surface area (Å²) in [6.45, 7) is 0.875. The lowest BCUT2D eigenvalue weighted by Crippen LogP contribution is -2.14. The minimum absolute atomic E-state index is 0.0218. The molecular formula is C14H16N2OS. The molecular weight excluding hydrogens is 244 g/mol. The first-order valence-electron chi connectivity index (χ1n) is 6.25. The molecule has 0 radical (unpaired) electrons. The molecule has 1 fully saturated rings. The monoisotopic (exact) mass is 260 g/mol. The van der Waals surface area contributed by atoms with Gasteiger partial charge in [0.2, 0.25) is 0 Å². The highest BCUT2D eigenvalue weighted by Crippen LogP contribution is 2.29. The predicted molar refractivity (Wildman–Crippen MR) is 73.3 cm³/mol. The van der Waals surface area contributed by atoms with Gasteiger partial charge in [-0.25, -0.2) is 4.98 Å². The second-order valence-corrected chi connectivity index (χ2v) is 5.73. The minimum Gasteiger partial charge on any atom is -0.389 e. The van der Waals surface area contributed by atoms with Gasteiger partial charge in [0.25, 0.3) is 0 Å². The number of aromatic nitrogens is 1. The Morgan fingerprint density at radius 1 is 1.28 bits per heavy atom. The van der Waals surface area contributed by atoms with Gasteiger partial charge in [-0.2, -0.15) is 0 Å². The molecule has 1 aliphatic rings. The van der Waals surface area contributed by atoms with E-state index in [2.05, 4.69) is 22.4 Å². The van der Waals surface area contributed by atoms with E-state index in [-0.39, 0.29) is 6.61 Å². The molecule has 0 amide bonds. The van der Waals surface area contributed by atoms with Crippen molar-refractivity contribution in [3.8, 4) is 11.3 Å². The highest BCUT2D eigenvalue weighted by molar-refractivity contribution is 7.12. The number of thiazole rings is 1. The summed E-state index contributed by atoms with van der Waals surface area (Å²) in [6, 6.07) is 10.9. The van der Waals surface area contributed by atoms with Crippen LogP contribution in [0.4, 0.5) is 0 Å². The van der Waals surface area contributed by atoms with Gasteiger partial charge >= 0.3 is 0 Å². The van der Waals surface area contributed by atoms with E-state index in [4.69, 9.17) is 0 Å². The number of hydrogen-bond acceptors (Lipinski definition) is 4. The van der Waals surface area contributed by atoms with Gasteiger partial charge < -0.3 is 10.4 Å². The third kappa shape index (κ3) is 2.61. The Kier molecular flexibility index (Phi) is 3.41. The fraction of sp³-hybridized carbons (Fsp3) is 0.357. The van der Waals surface area contributed by atoms with Crippen LogP contribution >= 0.6 is 11.3 Å². The summed E-state index contributed by atoms with van der Waals surface area (Å²) in [6.07, 6.45) is 2.57. The topological polar surface area (TPSA) is 45.2 Å². The molecule has 0 bridgehead atoms. The van der Waals surface area contributed by atoms with Crippen LogP contribution in [-0.4, -0.2) is 16.1 Å². The molecule has 2 aromatic rings. The third-order valence-electron chi connectivity index (χ3n) is 3.05. The molecule has 0 atom stereocenters. The maximum atomic E-state index is 9.24. The Bertz CT molecular complexity index is 520. The molecule has 2 N–H and O–H groups in total. The molecule has 3 nitrogen and oxygen atoms in total. The van der Waals surface area contributed by atoms with Crippen molar-refractivity contribution in [2.45, 2.75) is 32.0 Å². The maximum Gasteiger partial charge on any atom is 0.119 e. The number of nitrogens with one attached hydrogen (secondary N) is 1. The lowest BCUT2D eigenvalue weighted by molar-refractivity contribution is 0.281. The third-order valence-corrected chi connectivity index (χ3v) is 4.09. The average Bonchev–Trinajstić information content (AvgIpc) is 3.16. The first-order chi connectivity index (χ1) is 8.86. The van der Waals surface area contributed by atoms with Crippen molar-refractivity contribution in [3.63, 3.8) is 0 Å². The molecule has 0 aliphatic heterocycles. The lowest BCUT2D eigenvalue weighted by Gasteiger charge is -2.03. The van der Waals surface area contributed by atoms with Gasteiger partial charge in [0.15, 0.2) is 0 Å². The van der Waals surface area contributed by atoms with Gasteiger partial charge in [0, 0.05) is 23.0 Å². The number of benzene rings is 1. The summed E-state index contributed by atoms with van der Waals surface area (Å²) in [4.78, 5) is 5.75. The van der Waals surface area contributed by atoms with Crippen LogP contribution in [0.1, 0.15) is 22.7 Å². The van der Waals surface area contributed by atoms with Gasteiger partial charge in [-0.05, 0) is 12.8 Å². The highest BCUT2D eigenvalue weighted by atomic mass is 32.1. The van der Waals surface area contributed by atoms with Crippen molar-refractivity contribution in [2.75, 3.05) is 0 Å². The Hall–Kier alpha value is -1.23. The molecule has 3 rings (SSSR count). The smallest absolute Gasteiger partial charge is 0.119 e. The van der Waals surface area contributed by atoms with Gasteiger partial charge in [-0.3, -0.25) is 0 Å². The van der Waals surface area contributed by atoms with E-state index in [0.717, 1.165) is 22.8 Å². The molecule has 1 aromatic carbocycles. The quantitative estimate of drug-likeness (QED) is 0.868.